The number of ether oxygens (including phenoxy) is 1. The normalized spacial score (nSPS) is 18.2. The van der Waals surface area contributed by atoms with Gasteiger partial charge >= 0.3 is 0 Å². The predicted octanol–water partition coefficient (Wildman–Crippen LogP) is 2.62. The van der Waals surface area contributed by atoms with Gasteiger partial charge in [-0.3, -0.25) is 4.79 Å². The maximum absolute atomic E-state index is 12.0. The standard InChI is InChI=1S/C16H32N2O2/c1-14(2)20-12-8-7-11-18-15(19)13-16(17-3)9-5-4-6-10-16/h14,17H,4-13H2,1-3H3,(H,18,19). The summed E-state index contributed by atoms with van der Waals surface area (Å²) in [6.07, 6.45) is 8.94. The average molecular weight is 284 g/mol. The van der Waals surface area contributed by atoms with Crippen LogP contribution < -0.4 is 10.6 Å². The van der Waals surface area contributed by atoms with Gasteiger partial charge in [-0.2, -0.15) is 0 Å². The highest BCUT2D eigenvalue weighted by molar-refractivity contribution is 5.77. The van der Waals surface area contributed by atoms with E-state index in [0.29, 0.717) is 12.5 Å². The molecule has 0 bridgehead atoms. The summed E-state index contributed by atoms with van der Waals surface area (Å²) in [5.41, 5.74) is 0.0447. The fraction of sp³-hybridized carbons (Fsp3) is 0.938. The van der Waals surface area contributed by atoms with Crippen molar-refractivity contribution in [3.8, 4) is 0 Å². The van der Waals surface area contributed by atoms with Crippen LogP contribution in [0.25, 0.3) is 0 Å². The molecule has 4 nitrogen and oxygen atoms in total. The minimum atomic E-state index is 0.0447. The van der Waals surface area contributed by atoms with E-state index in [1.807, 2.05) is 20.9 Å². The Morgan fingerprint density at radius 1 is 1.20 bits per heavy atom. The zero-order chi connectivity index (χ0) is 14.8. The van der Waals surface area contributed by atoms with E-state index in [0.717, 1.165) is 38.8 Å². The molecule has 0 aromatic heterocycles. The maximum atomic E-state index is 12.0. The Kier molecular flexibility index (Phi) is 8.15. The Morgan fingerprint density at radius 2 is 1.90 bits per heavy atom. The van der Waals surface area contributed by atoms with E-state index < -0.39 is 0 Å². The van der Waals surface area contributed by atoms with Gasteiger partial charge in [0.2, 0.25) is 5.91 Å². The van der Waals surface area contributed by atoms with Crippen LogP contribution in [0.3, 0.4) is 0 Å². The summed E-state index contributed by atoms with van der Waals surface area (Å²) in [7, 11) is 1.99. The lowest BCUT2D eigenvalue weighted by molar-refractivity contribution is -0.122. The number of hydrogen-bond donors (Lipinski definition) is 2. The van der Waals surface area contributed by atoms with Crippen molar-refractivity contribution < 1.29 is 9.53 Å². The highest BCUT2D eigenvalue weighted by Gasteiger charge is 2.32. The molecule has 0 heterocycles. The number of unbranched alkanes of at least 4 members (excludes halogenated alkanes) is 1. The van der Waals surface area contributed by atoms with Crippen LogP contribution in [0.5, 0.6) is 0 Å². The Balaban J connectivity index is 2.13. The Bertz CT molecular complexity index is 274. The summed E-state index contributed by atoms with van der Waals surface area (Å²) >= 11 is 0. The molecule has 2 N–H and O–H groups in total. The molecule has 0 saturated heterocycles. The molecule has 1 amide bonds. The van der Waals surface area contributed by atoms with Crippen molar-refractivity contribution in [1.82, 2.24) is 10.6 Å². The van der Waals surface area contributed by atoms with E-state index >= 15 is 0 Å². The minimum absolute atomic E-state index is 0.0447. The molecular weight excluding hydrogens is 252 g/mol. The second-order valence-electron chi connectivity index (χ2n) is 6.24. The highest BCUT2D eigenvalue weighted by atomic mass is 16.5. The van der Waals surface area contributed by atoms with E-state index in [9.17, 15) is 4.79 Å². The smallest absolute Gasteiger partial charge is 0.221 e. The first-order chi connectivity index (χ1) is 9.58. The maximum Gasteiger partial charge on any atom is 0.221 e. The summed E-state index contributed by atoms with van der Waals surface area (Å²) in [6.45, 7) is 5.64. The van der Waals surface area contributed by atoms with Crippen molar-refractivity contribution in [3.05, 3.63) is 0 Å². The van der Waals surface area contributed by atoms with Gasteiger partial charge in [0, 0.05) is 25.1 Å². The second-order valence-corrected chi connectivity index (χ2v) is 6.24. The SMILES string of the molecule is CNC1(CC(=O)NCCCCOC(C)C)CCCCC1. The van der Waals surface area contributed by atoms with E-state index in [1.165, 1.54) is 19.3 Å². The summed E-state index contributed by atoms with van der Waals surface area (Å²) in [5.74, 6) is 0.186. The van der Waals surface area contributed by atoms with E-state index in [2.05, 4.69) is 10.6 Å². The van der Waals surface area contributed by atoms with E-state index in [-0.39, 0.29) is 11.4 Å². The van der Waals surface area contributed by atoms with Crippen LogP contribution in [0.4, 0.5) is 0 Å². The molecule has 0 aromatic carbocycles. The molecule has 0 aromatic rings. The van der Waals surface area contributed by atoms with Crippen LogP contribution in [0.2, 0.25) is 0 Å². The number of carbonyl (C=O) groups is 1. The number of hydrogen-bond acceptors (Lipinski definition) is 3. The summed E-state index contributed by atoms with van der Waals surface area (Å²) in [4.78, 5) is 12.0. The van der Waals surface area contributed by atoms with Crippen molar-refractivity contribution in [2.75, 3.05) is 20.2 Å². The first-order valence-electron chi connectivity index (χ1n) is 8.15. The number of carbonyl (C=O) groups excluding carboxylic acids is 1. The van der Waals surface area contributed by atoms with Crippen molar-refractivity contribution >= 4 is 5.91 Å². The number of amides is 1. The fourth-order valence-electron chi connectivity index (χ4n) is 2.89. The van der Waals surface area contributed by atoms with Gasteiger partial charge in [-0.05, 0) is 46.6 Å². The van der Waals surface area contributed by atoms with Crippen molar-refractivity contribution in [2.45, 2.75) is 76.9 Å². The second kappa shape index (κ2) is 9.35. The summed E-state index contributed by atoms with van der Waals surface area (Å²) in [5, 5.41) is 6.43. The fourth-order valence-corrected chi connectivity index (χ4v) is 2.89. The van der Waals surface area contributed by atoms with Crippen molar-refractivity contribution in [1.29, 1.82) is 0 Å². The number of nitrogens with one attached hydrogen (secondary N) is 2. The molecular formula is C16H32N2O2. The molecule has 118 valence electrons. The molecule has 0 radical (unpaired) electrons. The third-order valence-corrected chi connectivity index (χ3v) is 4.18. The molecule has 0 atom stereocenters. The van der Waals surface area contributed by atoms with Gasteiger partial charge < -0.3 is 15.4 Å². The molecule has 1 aliphatic carbocycles. The zero-order valence-electron chi connectivity index (χ0n) is 13.5. The minimum Gasteiger partial charge on any atom is -0.379 e. The van der Waals surface area contributed by atoms with Gasteiger partial charge in [0.15, 0.2) is 0 Å². The first-order valence-corrected chi connectivity index (χ1v) is 8.15. The third-order valence-electron chi connectivity index (χ3n) is 4.18. The first kappa shape index (κ1) is 17.4. The Morgan fingerprint density at radius 3 is 2.50 bits per heavy atom. The molecule has 1 rings (SSSR count). The van der Waals surface area contributed by atoms with Crippen LogP contribution in [0.15, 0.2) is 0 Å². The molecule has 0 aliphatic heterocycles. The predicted molar refractivity (Wildman–Crippen MR) is 82.8 cm³/mol. The van der Waals surface area contributed by atoms with Gasteiger partial charge in [0.25, 0.3) is 0 Å². The lowest BCUT2D eigenvalue weighted by Crippen LogP contribution is -2.48. The van der Waals surface area contributed by atoms with Gasteiger partial charge in [-0.1, -0.05) is 19.3 Å². The molecule has 4 heteroatoms. The largest absolute Gasteiger partial charge is 0.379 e. The van der Waals surface area contributed by atoms with Crippen LogP contribution in [0.1, 0.15) is 65.2 Å². The van der Waals surface area contributed by atoms with Crippen molar-refractivity contribution in [3.63, 3.8) is 0 Å². The molecule has 1 fully saturated rings. The highest BCUT2D eigenvalue weighted by Crippen LogP contribution is 2.30. The van der Waals surface area contributed by atoms with Gasteiger partial charge in [-0.25, -0.2) is 0 Å². The summed E-state index contributed by atoms with van der Waals surface area (Å²) < 4.78 is 5.48. The third kappa shape index (κ3) is 6.71. The molecule has 20 heavy (non-hydrogen) atoms. The van der Waals surface area contributed by atoms with Crippen molar-refractivity contribution in [2.24, 2.45) is 0 Å². The summed E-state index contributed by atoms with van der Waals surface area (Å²) in [6, 6.07) is 0. The van der Waals surface area contributed by atoms with Crippen LogP contribution in [-0.2, 0) is 9.53 Å². The lowest BCUT2D eigenvalue weighted by Gasteiger charge is -2.36. The monoisotopic (exact) mass is 284 g/mol. The molecule has 0 spiro atoms. The lowest BCUT2D eigenvalue weighted by atomic mass is 9.79. The Labute approximate surface area is 124 Å². The van der Waals surface area contributed by atoms with Gasteiger partial charge in [0.1, 0.15) is 0 Å². The quantitative estimate of drug-likeness (QED) is 0.640. The van der Waals surface area contributed by atoms with Gasteiger partial charge in [0.05, 0.1) is 6.10 Å². The number of rotatable bonds is 9. The van der Waals surface area contributed by atoms with Gasteiger partial charge in [-0.15, -0.1) is 0 Å². The molecule has 1 saturated carbocycles. The van der Waals surface area contributed by atoms with Crippen LogP contribution in [0, 0.1) is 0 Å². The topological polar surface area (TPSA) is 50.4 Å². The van der Waals surface area contributed by atoms with E-state index in [4.69, 9.17) is 4.74 Å². The average Bonchev–Trinajstić information content (AvgIpc) is 2.43. The molecule has 0 unspecified atom stereocenters. The van der Waals surface area contributed by atoms with E-state index in [1.54, 1.807) is 0 Å². The molecule has 1 aliphatic rings. The Hall–Kier alpha value is -0.610. The zero-order valence-corrected chi connectivity index (χ0v) is 13.5. The van der Waals surface area contributed by atoms with Crippen LogP contribution in [-0.4, -0.2) is 37.7 Å². The van der Waals surface area contributed by atoms with Crippen LogP contribution >= 0.6 is 0 Å².